The molecule has 1 aromatic heterocycles. The number of nitrogens with one attached hydrogen (secondary N) is 2. The molecule has 1 fully saturated rings. The zero-order valence-corrected chi connectivity index (χ0v) is 16.0. The largest absolute Gasteiger partial charge is 0.348 e. The summed E-state index contributed by atoms with van der Waals surface area (Å²) in [5.41, 5.74) is 5.10. The third-order valence-corrected chi connectivity index (χ3v) is 5.50. The Labute approximate surface area is 159 Å². The van der Waals surface area contributed by atoms with Crippen molar-refractivity contribution in [2.24, 2.45) is 13.0 Å². The minimum atomic E-state index is -0.0290. The number of hydrogen-bond donors (Lipinski definition) is 2. The summed E-state index contributed by atoms with van der Waals surface area (Å²) in [7, 11) is 2.01. The second-order valence-corrected chi connectivity index (χ2v) is 7.49. The molecular weight excluding hydrogens is 336 g/mol. The third kappa shape index (κ3) is 3.88. The molecule has 1 saturated heterocycles. The Morgan fingerprint density at radius 3 is 2.96 bits per heavy atom. The monoisotopic (exact) mass is 362 g/mol. The van der Waals surface area contributed by atoms with Crippen molar-refractivity contribution in [1.29, 1.82) is 0 Å². The van der Waals surface area contributed by atoms with Crippen LogP contribution in [0.2, 0.25) is 0 Å². The maximum Gasteiger partial charge on any atom is 0.251 e. The summed E-state index contributed by atoms with van der Waals surface area (Å²) in [4.78, 5) is 17.2. The van der Waals surface area contributed by atoms with Crippen LogP contribution in [-0.4, -0.2) is 28.5 Å². The molecule has 5 heteroatoms. The molecule has 5 nitrogen and oxygen atoms in total. The van der Waals surface area contributed by atoms with Crippen molar-refractivity contribution in [3.05, 3.63) is 65.0 Å². The molecule has 1 amide bonds. The smallest absolute Gasteiger partial charge is 0.251 e. The zero-order chi connectivity index (χ0) is 18.8. The van der Waals surface area contributed by atoms with Gasteiger partial charge in [-0.3, -0.25) is 4.79 Å². The minimum absolute atomic E-state index is 0.0290. The van der Waals surface area contributed by atoms with Crippen LogP contribution in [0.4, 0.5) is 0 Å². The molecule has 4 rings (SSSR count). The molecule has 3 aromatic rings. The molecule has 1 aliphatic heterocycles. The normalized spacial score (nSPS) is 16.7. The van der Waals surface area contributed by atoms with Crippen LogP contribution in [0.3, 0.4) is 0 Å². The Bertz CT molecular complexity index is 970. The third-order valence-electron chi connectivity index (χ3n) is 5.50. The average molecular weight is 362 g/mol. The number of carbonyl (C=O) groups excluding carboxylic acids is 1. The van der Waals surface area contributed by atoms with Crippen molar-refractivity contribution < 1.29 is 4.79 Å². The molecule has 0 saturated carbocycles. The maximum absolute atomic E-state index is 12.6. The Morgan fingerprint density at radius 1 is 1.26 bits per heavy atom. The number of fused-ring (bicyclic) bond motifs is 1. The molecule has 0 bridgehead atoms. The Balaban J connectivity index is 1.41. The quantitative estimate of drug-likeness (QED) is 0.734. The van der Waals surface area contributed by atoms with E-state index in [2.05, 4.69) is 32.3 Å². The first-order chi connectivity index (χ1) is 13.1. The van der Waals surface area contributed by atoms with Crippen LogP contribution >= 0.6 is 0 Å². The van der Waals surface area contributed by atoms with Crippen molar-refractivity contribution in [3.8, 4) is 0 Å². The highest BCUT2D eigenvalue weighted by molar-refractivity contribution is 5.94. The number of rotatable bonds is 5. The van der Waals surface area contributed by atoms with E-state index in [0.717, 1.165) is 47.5 Å². The van der Waals surface area contributed by atoms with Crippen LogP contribution in [0, 0.1) is 12.8 Å². The van der Waals surface area contributed by atoms with Crippen LogP contribution in [0.15, 0.2) is 42.5 Å². The number of hydrogen-bond acceptors (Lipinski definition) is 3. The average Bonchev–Trinajstić information content (AvgIpc) is 3.28. The van der Waals surface area contributed by atoms with Crippen molar-refractivity contribution >= 4 is 16.9 Å². The molecule has 140 valence electrons. The summed E-state index contributed by atoms with van der Waals surface area (Å²) in [6, 6.07) is 14.2. The second kappa shape index (κ2) is 7.53. The van der Waals surface area contributed by atoms with Gasteiger partial charge in [0.1, 0.15) is 5.82 Å². The molecule has 2 N–H and O–H groups in total. The molecule has 2 heterocycles. The summed E-state index contributed by atoms with van der Waals surface area (Å²) in [6.07, 6.45) is 2.25. The van der Waals surface area contributed by atoms with Crippen LogP contribution < -0.4 is 10.6 Å². The lowest BCUT2D eigenvalue weighted by Gasteiger charge is -2.10. The first-order valence-electron chi connectivity index (χ1n) is 9.60. The highest BCUT2D eigenvalue weighted by atomic mass is 16.1. The summed E-state index contributed by atoms with van der Waals surface area (Å²) in [5.74, 6) is 1.64. The van der Waals surface area contributed by atoms with E-state index in [0.29, 0.717) is 12.5 Å². The zero-order valence-electron chi connectivity index (χ0n) is 16.0. The van der Waals surface area contributed by atoms with Gasteiger partial charge in [0.25, 0.3) is 5.91 Å². The predicted molar refractivity (Wildman–Crippen MR) is 108 cm³/mol. The molecule has 1 aliphatic rings. The van der Waals surface area contributed by atoms with Gasteiger partial charge in [0.2, 0.25) is 0 Å². The topological polar surface area (TPSA) is 59.0 Å². The molecule has 2 aromatic carbocycles. The fourth-order valence-corrected chi connectivity index (χ4v) is 3.82. The standard InChI is InChI=1S/C22H26N4O/c1-15-25-20-12-17(6-7-21(20)26(15)2)14-24-22(27)19-5-3-4-16(11-19)10-18-8-9-23-13-18/h3-7,11-12,18,23H,8-10,13-14H2,1-2H3,(H,24,27). The fraction of sp³-hybridized carbons (Fsp3) is 0.364. The molecule has 0 spiro atoms. The summed E-state index contributed by atoms with van der Waals surface area (Å²) in [5, 5.41) is 6.44. The van der Waals surface area contributed by atoms with E-state index in [4.69, 9.17) is 0 Å². The minimum Gasteiger partial charge on any atom is -0.348 e. The number of nitrogens with zero attached hydrogens (tertiary/aromatic N) is 2. The second-order valence-electron chi connectivity index (χ2n) is 7.49. The number of imidazole rings is 1. The van der Waals surface area contributed by atoms with E-state index >= 15 is 0 Å². The number of amides is 1. The number of aryl methyl sites for hydroxylation is 2. The fourth-order valence-electron chi connectivity index (χ4n) is 3.82. The van der Waals surface area contributed by atoms with Gasteiger partial charge in [-0.15, -0.1) is 0 Å². The van der Waals surface area contributed by atoms with E-state index in [1.807, 2.05) is 44.3 Å². The highest BCUT2D eigenvalue weighted by Crippen LogP contribution is 2.18. The van der Waals surface area contributed by atoms with Crippen LogP contribution in [0.25, 0.3) is 11.0 Å². The van der Waals surface area contributed by atoms with Gasteiger partial charge in [0.05, 0.1) is 11.0 Å². The first kappa shape index (κ1) is 17.7. The van der Waals surface area contributed by atoms with Gasteiger partial charge in [0, 0.05) is 19.2 Å². The van der Waals surface area contributed by atoms with Crippen molar-refractivity contribution in [1.82, 2.24) is 20.2 Å². The molecule has 0 aliphatic carbocycles. The van der Waals surface area contributed by atoms with Gasteiger partial charge in [-0.25, -0.2) is 4.98 Å². The summed E-state index contributed by atoms with van der Waals surface area (Å²) in [6.45, 7) is 4.67. The summed E-state index contributed by atoms with van der Waals surface area (Å²) >= 11 is 0. The molecule has 1 atom stereocenters. The van der Waals surface area contributed by atoms with E-state index in [1.54, 1.807) is 0 Å². The van der Waals surface area contributed by atoms with Gasteiger partial charge < -0.3 is 15.2 Å². The lowest BCUT2D eigenvalue weighted by molar-refractivity contribution is 0.0951. The van der Waals surface area contributed by atoms with E-state index in [-0.39, 0.29) is 5.91 Å². The van der Waals surface area contributed by atoms with Crippen LogP contribution in [0.1, 0.15) is 33.7 Å². The van der Waals surface area contributed by atoms with Gasteiger partial charge in [0.15, 0.2) is 0 Å². The van der Waals surface area contributed by atoms with E-state index in [1.165, 1.54) is 12.0 Å². The maximum atomic E-state index is 12.6. The Hall–Kier alpha value is -2.66. The van der Waals surface area contributed by atoms with Gasteiger partial charge >= 0.3 is 0 Å². The van der Waals surface area contributed by atoms with Crippen LogP contribution in [-0.2, 0) is 20.0 Å². The lowest BCUT2D eigenvalue weighted by Crippen LogP contribution is -2.23. The van der Waals surface area contributed by atoms with Crippen LogP contribution in [0.5, 0.6) is 0 Å². The Morgan fingerprint density at radius 2 is 2.15 bits per heavy atom. The van der Waals surface area contributed by atoms with Gasteiger partial charge in [-0.05, 0) is 74.2 Å². The number of carbonyl (C=O) groups is 1. The van der Waals surface area contributed by atoms with Crippen molar-refractivity contribution in [3.63, 3.8) is 0 Å². The lowest BCUT2D eigenvalue weighted by atomic mass is 9.97. The van der Waals surface area contributed by atoms with Crippen molar-refractivity contribution in [2.75, 3.05) is 13.1 Å². The molecule has 27 heavy (non-hydrogen) atoms. The number of benzene rings is 2. The molecule has 1 unspecified atom stereocenters. The van der Waals surface area contributed by atoms with Gasteiger partial charge in [-0.2, -0.15) is 0 Å². The Kier molecular flexibility index (Phi) is 4.94. The van der Waals surface area contributed by atoms with Gasteiger partial charge in [-0.1, -0.05) is 18.2 Å². The van der Waals surface area contributed by atoms with Crippen molar-refractivity contribution in [2.45, 2.75) is 26.3 Å². The van der Waals surface area contributed by atoms with E-state index in [9.17, 15) is 4.79 Å². The number of aromatic nitrogens is 2. The summed E-state index contributed by atoms with van der Waals surface area (Å²) < 4.78 is 2.07. The SMILES string of the molecule is Cc1nc2cc(CNC(=O)c3cccc(CC4CCNC4)c3)ccc2n1C. The predicted octanol–water partition coefficient (Wildman–Crippen LogP) is 2.96. The molecular formula is C22H26N4O. The van der Waals surface area contributed by atoms with E-state index < -0.39 is 0 Å². The first-order valence-corrected chi connectivity index (χ1v) is 9.60. The molecule has 0 radical (unpaired) electrons. The highest BCUT2D eigenvalue weighted by Gasteiger charge is 2.15.